The van der Waals surface area contributed by atoms with E-state index >= 15 is 0 Å². The van der Waals surface area contributed by atoms with Crippen molar-refractivity contribution in [2.75, 3.05) is 10.8 Å². The Morgan fingerprint density at radius 3 is 2.73 bits per heavy atom. The quantitative estimate of drug-likeness (QED) is 0.720. The minimum atomic E-state index is 0.660. The minimum absolute atomic E-state index is 0.660. The summed E-state index contributed by atoms with van der Waals surface area (Å²) in [7, 11) is 0. The monoisotopic (exact) mass is 329 g/mol. The summed E-state index contributed by atoms with van der Waals surface area (Å²) in [5.74, 6) is 2.53. The van der Waals surface area contributed by atoms with Gasteiger partial charge in [-0.25, -0.2) is 4.98 Å². The molecule has 0 amide bonds. The Hall–Kier alpha value is -2.05. The molecule has 0 unspecified atom stereocenters. The zero-order valence-electron chi connectivity index (χ0n) is 11.6. The van der Waals surface area contributed by atoms with Crippen LogP contribution in [0.1, 0.15) is 0 Å². The summed E-state index contributed by atoms with van der Waals surface area (Å²) in [6.07, 6.45) is 1.80. The minimum Gasteiger partial charge on any atom is -0.329 e. The molecule has 1 aliphatic rings. The molecule has 0 saturated heterocycles. The van der Waals surface area contributed by atoms with Crippen molar-refractivity contribution in [3.05, 3.63) is 53.7 Å². The lowest BCUT2D eigenvalue weighted by atomic mass is 10.2. The van der Waals surface area contributed by atoms with Gasteiger partial charge in [-0.1, -0.05) is 41.6 Å². The fourth-order valence-electron chi connectivity index (χ4n) is 2.39. The Balaban J connectivity index is 1.73. The van der Waals surface area contributed by atoms with Gasteiger partial charge in [-0.3, -0.25) is 4.57 Å². The third-order valence-electron chi connectivity index (χ3n) is 3.47. The van der Waals surface area contributed by atoms with E-state index in [4.69, 9.17) is 11.6 Å². The van der Waals surface area contributed by atoms with E-state index in [0.29, 0.717) is 11.7 Å². The van der Waals surface area contributed by atoms with Gasteiger partial charge < -0.3 is 4.90 Å². The van der Waals surface area contributed by atoms with Gasteiger partial charge in [-0.15, -0.1) is 10.2 Å². The molecule has 0 fully saturated rings. The summed E-state index contributed by atoms with van der Waals surface area (Å²) in [6.45, 7) is 0.660. The fourth-order valence-corrected chi connectivity index (χ4v) is 3.50. The SMILES string of the molecule is Clc1ccccc1-c1nnc2n1CN(c1ccccn1)CS2. The van der Waals surface area contributed by atoms with Crippen molar-refractivity contribution in [1.82, 2.24) is 19.7 Å². The van der Waals surface area contributed by atoms with Crippen molar-refractivity contribution in [2.24, 2.45) is 0 Å². The van der Waals surface area contributed by atoms with Gasteiger partial charge in [0.25, 0.3) is 0 Å². The second-order valence-corrected chi connectivity index (χ2v) is 6.18. The maximum absolute atomic E-state index is 6.30. The first-order chi connectivity index (χ1) is 10.8. The Morgan fingerprint density at radius 2 is 1.91 bits per heavy atom. The lowest BCUT2D eigenvalue weighted by Crippen LogP contribution is -2.31. The standard InChI is InChI=1S/C15H12ClN5S/c16-12-6-2-1-5-11(12)14-18-19-15-21(14)9-20(10-22-15)13-7-3-4-8-17-13/h1-8H,9-10H2. The topological polar surface area (TPSA) is 46.8 Å². The first-order valence-electron chi connectivity index (χ1n) is 6.80. The lowest BCUT2D eigenvalue weighted by molar-refractivity contribution is 0.603. The van der Waals surface area contributed by atoms with E-state index in [2.05, 4.69) is 24.6 Å². The number of benzene rings is 1. The molecule has 0 N–H and O–H groups in total. The summed E-state index contributed by atoms with van der Waals surface area (Å²) < 4.78 is 2.07. The van der Waals surface area contributed by atoms with E-state index in [0.717, 1.165) is 28.2 Å². The van der Waals surface area contributed by atoms with Crippen LogP contribution in [-0.4, -0.2) is 25.6 Å². The zero-order valence-corrected chi connectivity index (χ0v) is 13.1. The highest BCUT2D eigenvalue weighted by Gasteiger charge is 2.23. The van der Waals surface area contributed by atoms with Gasteiger partial charge in [0, 0.05) is 11.8 Å². The summed E-state index contributed by atoms with van der Waals surface area (Å²) in [4.78, 5) is 6.59. The molecule has 3 aromatic rings. The van der Waals surface area contributed by atoms with Crippen LogP contribution in [0.15, 0.2) is 53.8 Å². The van der Waals surface area contributed by atoms with E-state index < -0.39 is 0 Å². The number of rotatable bonds is 2. The zero-order chi connectivity index (χ0) is 14.9. The Bertz CT molecular complexity index is 805. The van der Waals surface area contributed by atoms with E-state index in [1.54, 1.807) is 18.0 Å². The molecular weight excluding hydrogens is 318 g/mol. The molecule has 2 aromatic heterocycles. The molecule has 0 bridgehead atoms. The van der Waals surface area contributed by atoms with Gasteiger partial charge >= 0.3 is 0 Å². The molecule has 0 atom stereocenters. The Labute approximate surface area is 137 Å². The maximum atomic E-state index is 6.30. The number of thioether (sulfide) groups is 1. The third kappa shape index (κ3) is 2.34. The number of aromatic nitrogens is 4. The summed E-state index contributed by atoms with van der Waals surface area (Å²) in [5, 5.41) is 10.2. The predicted octanol–water partition coefficient (Wildman–Crippen LogP) is 3.52. The number of anilines is 1. The van der Waals surface area contributed by atoms with Crippen molar-refractivity contribution < 1.29 is 0 Å². The van der Waals surface area contributed by atoms with Gasteiger partial charge in [0.05, 0.1) is 10.9 Å². The smallest absolute Gasteiger partial charge is 0.194 e. The van der Waals surface area contributed by atoms with Crippen LogP contribution in [-0.2, 0) is 6.67 Å². The van der Waals surface area contributed by atoms with Crippen LogP contribution in [0.2, 0.25) is 5.02 Å². The van der Waals surface area contributed by atoms with Crippen LogP contribution < -0.4 is 4.90 Å². The first kappa shape index (κ1) is 13.6. The van der Waals surface area contributed by atoms with Crippen molar-refractivity contribution in [2.45, 2.75) is 11.8 Å². The average Bonchev–Trinajstić information content (AvgIpc) is 2.99. The molecule has 0 radical (unpaired) electrons. The number of halogens is 1. The van der Waals surface area contributed by atoms with Gasteiger partial charge in [-0.2, -0.15) is 0 Å². The molecule has 5 nitrogen and oxygen atoms in total. The molecule has 3 heterocycles. The van der Waals surface area contributed by atoms with Gasteiger partial charge in [0.15, 0.2) is 11.0 Å². The summed E-state index contributed by atoms with van der Waals surface area (Å²) in [6, 6.07) is 13.6. The average molecular weight is 330 g/mol. The van der Waals surface area contributed by atoms with Crippen LogP contribution in [0.4, 0.5) is 5.82 Å². The van der Waals surface area contributed by atoms with Gasteiger partial charge in [0.1, 0.15) is 12.5 Å². The first-order valence-corrected chi connectivity index (χ1v) is 8.16. The second kappa shape index (κ2) is 5.62. The van der Waals surface area contributed by atoms with Crippen molar-refractivity contribution in [3.8, 4) is 11.4 Å². The van der Waals surface area contributed by atoms with Gasteiger partial charge in [-0.05, 0) is 24.3 Å². The fraction of sp³-hybridized carbons (Fsp3) is 0.133. The molecule has 1 aromatic carbocycles. The highest BCUT2D eigenvalue weighted by molar-refractivity contribution is 7.99. The molecule has 7 heteroatoms. The third-order valence-corrected chi connectivity index (χ3v) is 4.80. The number of hydrogen-bond acceptors (Lipinski definition) is 5. The number of fused-ring (bicyclic) bond motifs is 1. The van der Waals surface area contributed by atoms with Crippen LogP contribution >= 0.6 is 23.4 Å². The maximum Gasteiger partial charge on any atom is 0.194 e. The Kier molecular flexibility index (Phi) is 3.48. The molecular formula is C15H12ClN5S. The number of pyridine rings is 1. The van der Waals surface area contributed by atoms with Crippen molar-refractivity contribution in [3.63, 3.8) is 0 Å². The molecule has 1 aliphatic heterocycles. The predicted molar refractivity (Wildman–Crippen MR) is 87.9 cm³/mol. The van der Waals surface area contributed by atoms with Crippen LogP contribution in [0.25, 0.3) is 11.4 Å². The second-order valence-electron chi connectivity index (χ2n) is 4.86. The summed E-state index contributed by atoms with van der Waals surface area (Å²) in [5.41, 5.74) is 0.895. The molecule has 0 aliphatic carbocycles. The number of nitrogens with zero attached hydrogens (tertiary/aromatic N) is 5. The molecule has 22 heavy (non-hydrogen) atoms. The number of hydrogen-bond donors (Lipinski definition) is 0. The molecule has 4 rings (SSSR count). The molecule has 110 valence electrons. The van der Waals surface area contributed by atoms with Crippen molar-refractivity contribution >= 4 is 29.2 Å². The Morgan fingerprint density at radius 1 is 1.05 bits per heavy atom. The van der Waals surface area contributed by atoms with Crippen LogP contribution in [0.3, 0.4) is 0 Å². The molecule has 0 spiro atoms. The van der Waals surface area contributed by atoms with Gasteiger partial charge in [0.2, 0.25) is 0 Å². The molecule has 0 saturated carbocycles. The normalized spacial score (nSPS) is 14.0. The van der Waals surface area contributed by atoms with Crippen LogP contribution in [0, 0.1) is 0 Å². The largest absolute Gasteiger partial charge is 0.329 e. The highest BCUT2D eigenvalue weighted by Crippen LogP contribution is 2.33. The van der Waals surface area contributed by atoms with E-state index in [1.807, 2.05) is 42.5 Å². The van der Waals surface area contributed by atoms with E-state index in [1.165, 1.54) is 0 Å². The summed E-state index contributed by atoms with van der Waals surface area (Å²) >= 11 is 7.94. The van der Waals surface area contributed by atoms with Crippen molar-refractivity contribution in [1.29, 1.82) is 0 Å². The lowest BCUT2D eigenvalue weighted by Gasteiger charge is -2.28. The van der Waals surface area contributed by atoms with Crippen LogP contribution in [0.5, 0.6) is 0 Å². The highest BCUT2D eigenvalue weighted by atomic mass is 35.5. The van der Waals surface area contributed by atoms with E-state index in [9.17, 15) is 0 Å². The van der Waals surface area contributed by atoms with E-state index in [-0.39, 0.29) is 0 Å².